The number of nitrogens with zero attached hydrogens (tertiary/aromatic N) is 1. The molecule has 106 valence electrons. The van der Waals surface area contributed by atoms with Gasteiger partial charge >= 0.3 is 0 Å². The van der Waals surface area contributed by atoms with E-state index in [1.807, 2.05) is 13.0 Å². The Labute approximate surface area is 122 Å². The summed E-state index contributed by atoms with van der Waals surface area (Å²) < 4.78 is 27.0. The number of hydrogen-bond donors (Lipinski definition) is 2. The molecule has 0 atom stereocenters. The van der Waals surface area contributed by atoms with Gasteiger partial charge in [0.15, 0.2) is 0 Å². The van der Waals surface area contributed by atoms with Crippen LogP contribution in [0.2, 0.25) is 5.02 Å². The minimum Gasteiger partial charge on any atom is -0.398 e. The third-order valence-electron chi connectivity index (χ3n) is 2.87. The lowest BCUT2D eigenvalue weighted by atomic mass is 10.2. The van der Waals surface area contributed by atoms with Crippen molar-refractivity contribution in [3.8, 4) is 0 Å². The molecule has 0 fully saturated rings. The largest absolute Gasteiger partial charge is 0.398 e. The highest BCUT2D eigenvalue weighted by Crippen LogP contribution is 2.27. The second-order valence-corrected chi connectivity index (χ2v) is 6.40. The summed E-state index contributed by atoms with van der Waals surface area (Å²) in [4.78, 5) is 3.87. The third-order valence-corrected chi connectivity index (χ3v) is 4.81. The molecule has 0 bridgehead atoms. The number of nitrogens with two attached hydrogens (primary N) is 1. The molecule has 1 heterocycles. The molecule has 3 N–H and O–H groups in total. The van der Waals surface area contributed by atoms with E-state index in [-0.39, 0.29) is 22.2 Å². The van der Waals surface area contributed by atoms with E-state index in [9.17, 15) is 8.42 Å². The van der Waals surface area contributed by atoms with Crippen LogP contribution in [0.5, 0.6) is 0 Å². The number of rotatable bonds is 4. The molecule has 0 amide bonds. The Bertz CT molecular complexity index is 712. The van der Waals surface area contributed by atoms with E-state index in [1.165, 1.54) is 12.1 Å². The van der Waals surface area contributed by atoms with Crippen LogP contribution in [0.15, 0.2) is 41.6 Å². The lowest BCUT2D eigenvalue weighted by Crippen LogP contribution is -2.25. The van der Waals surface area contributed by atoms with Gasteiger partial charge in [-0.25, -0.2) is 13.1 Å². The summed E-state index contributed by atoms with van der Waals surface area (Å²) in [5.74, 6) is 0. The zero-order valence-corrected chi connectivity index (χ0v) is 12.4. The molecule has 0 aliphatic heterocycles. The topological polar surface area (TPSA) is 85.1 Å². The molecule has 0 aliphatic rings. The quantitative estimate of drug-likeness (QED) is 0.847. The predicted octanol–water partition coefficient (Wildman–Crippen LogP) is 2.10. The van der Waals surface area contributed by atoms with Crippen molar-refractivity contribution in [2.75, 3.05) is 5.73 Å². The van der Waals surface area contributed by atoms with Crippen LogP contribution in [0.3, 0.4) is 0 Å². The Hall–Kier alpha value is -1.63. The molecule has 0 unspecified atom stereocenters. The predicted molar refractivity (Wildman–Crippen MR) is 78.9 cm³/mol. The Balaban J connectivity index is 2.27. The van der Waals surface area contributed by atoms with Crippen LogP contribution in [-0.4, -0.2) is 13.4 Å². The maximum absolute atomic E-state index is 12.3. The van der Waals surface area contributed by atoms with E-state index in [0.29, 0.717) is 0 Å². The molecule has 0 saturated carbocycles. The Morgan fingerprint density at radius 2 is 2.10 bits per heavy atom. The normalized spacial score (nSPS) is 11.5. The molecule has 2 rings (SSSR count). The summed E-state index contributed by atoms with van der Waals surface area (Å²) in [5.41, 5.74) is 7.56. The van der Waals surface area contributed by atoms with Gasteiger partial charge in [0.1, 0.15) is 4.90 Å². The lowest BCUT2D eigenvalue weighted by molar-refractivity contribution is 0.581. The maximum atomic E-state index is 12.3. The molecular weight excluding hydrogens is 298 g/mol. The Morgan fingerprint density at radius 3 is 2.75 bits per heavy atom. The molecule has 2 aromatic rings. The SMILES string of the molecule is Cc1ccncc1CNS(=O)(=O)c1c(N)cccc1Cl. The van der Waals surface area contributed by atoms with Gasteiger partial charge in [-0.1, -0.05) is 17.7 Å². The first-order valence-electron chi connectivity index (χ1n) is 5.85. The fourth-order valence-electron chi connectivity index (χ4n) is 1.74. The van der Waals surface area contributed by atoms with Gasteiger partial charge in [-0.2, -0.15) is 0 Å². The van der Waals surface area contributed by atoms with Crippen molar-refractivity contribution in [1.82, 2.24) is 9.71 Å². The first-order valence-corrected chi connectivity index (χ1v) is 7.71. The minimum atomic E-state index is -3.77. The fraction of sp³-hybridized carbons (Fsp3) is 0.154. The van der Waals surface area contributed by atoms with Crippen LogP contribution in [0.4, 0.5) is 5.69 Å². The van der Waals surface area contributed by atoms with Crippen LogP contribution in [0.1, 0.15) is 11.1 Å². The van der Waals surface area contributed by atoms with E-state index >= 15 is 0 Å². The zero-order valence-electron chi connectivity index (χ0n) is 10.8. The van der Waals surface area contributed by atoms with E-state index in [2.05, 4.69) is 9.71 Å². The van der Waals surface area contributed by atoms with Crippen molar-refractivity contribution in [1.29, 1.82) is 0 Å². The molecule has 1 aromatic carbocycles. The standard InChI is InChI=1S/C13H14ClN3O2S/c1-9-5-6-16-7-10(9)8-17-20(18,19)13-11(14)3-2-4-12(13)15/h2-7,17H,8,15H2,1H3. The van der Waals surface area contributed by atoms with Crippen molar-refractivity contribution in [3.05, 3.63) is 52.8 Å². The van der Waals surface area contributed by atoms with Gasteiger partial charge in [0.05, 0.1) is 10.7 Å². The second kappa shape index (κ2) is 5.78. The average molecular weight is 312 g/mol. The number of hydrogen-bond acceptors (Lipinski definition) is 4. The summed E-state index contributed by atoms with van der Waals surface area (Å²) in [7, 11) is -3.77. The summed E-state index contributed by atoms with van der Waals surface area (Å²) in [6, 6.07) is 6.40. The van der Waals surface area contributed by atoms with E-state index < -0.39 is 10.0 Å². The van der Waals surface area contributed by atoms with Gasteiger partial charge in [-0.3, -0.25) is 4.98 Å². The smallest absolute Gasteiger partial charge is 0.244 e. The minimum absolute atomic E-state index is 0.0942. The molecular formula is C13H14ClN3O2S. The number of nitrogen functional groups attached to an aromatic ring is 1. The monoisotopic (exact) mass is 311 g/mol. The first-order chi connectivity index (χ1) is 9.42. The van der Waals surface area contributed by atoms with Crippen LogP contribution >= 0.6 is 11.6 Å². The molecule has 7 heteroatoms. The number of aromatic nitrogens is 1. The zero-order chi connectivity index (χ0) is 14.8. The third kappa shape index (κ3) is 3.09. The first kappa shape index (κ1) is 14.8. The molecule has 20 heavy (non-hydrogen) atoms. The molecule has 5 nitrogen and oxygen atoms in total. The average Bonchev–Trinajstić information content (AvgIpc) is 2.37. The van der Waals surface area contributed by atoms with Crippen LogP contribution in [0.25, 0.3) is 0 Å². The molecule has 1 aromatic heterocycles. The fourth-order valence-corrected chi connectivity index (χ4v) is 3.42. The van der Waals surface area contributed by atoms with E-state index in [1.54, 1.807) is 18.5 Å². The van der Waals surface area contributed by atoms with Gasteiger partial charge in [-0.05, 0) is 36.2 Å². The lowest BCUT2D eigenvalue weighted by Gasteiger charge is -2.11. The van der Waals surface area contributed by atoms with Gasteiger partial charge < -0.3 is 5.73 Å². The number of pyridine rings is 1. The molecule has 0 saturated heterocycles. The van der Waals surface area contributed by atoms with Gasteiger partial charge in [-0.15, -0.1) is 0 Å². The number of benzene rings is 1. The van der Waals surface area contributed by atoms with Crippen molar-refractivity contribution >= 4 is 27.3 Å². The van der Waals surface area contributed by atoms with Crippen molar-refractivity contribution in [2.24, 2.45) is 0 Å². The van der Waals surface area contributed by atoms with Crippen molar-refractivity contribution in [2.45, 2.75) is 18.4 Å². The maximum Gasteiger partial charge on any atom is 0.244 e. The summed E-state index contributed by atoms with van der Waals surface area (Å²) >= 11 is 5.92. The van der Waals surface area contributed by atoms with Crippen LogP contribution in [-0.2, 0) is 16.6 Å². The highest BCUT2D eigenvalue weighted by molar-refractivity contribution is 7.89. The van der Waals surface area contributed by atoms with Crippen LogP contribution in [0, 0.1) is 6.92 Å². The molecule has 0 radical (unpaired) electrons. The second-order valence-electron chi connectivity index (χ2n) is 4.28. The van der Waals surface area contributed by atoms with E-state index in [0.717, 1.165) is 11.1 Å². The number of anilines is 1. The number of aryl methyl sites for hydroxylation is 1. The van der Waals surface area contributed by atoms with Gasteiger partial charge in [0, 0.05) is 18.9 Å². The molecule has 0 aliphatic carbocycles. The number of sulfonamides is 1. The highest BCUT2D eigenvalue weighted by Gasteiger charge is 2.20. The summed E-state index contributed by atoms with van der Waals surface area (Å²) in [6.45, 7) is 2.02. The van der Waals surface area contributed by atoms with Gasteiger partial charge in [0.25, 0.3) is 0 Å². The summed E-state index contributed by atoms with van der Waals surface area (Å²) in [5, 5.41) is 0.0976. The Kier molecular flexibility index (Phi) is 4.27. The number of halogens is 1. The highest BCUT2D eigenvalue weighted by atomic mass is 35.5. The Morgan fingerprint density at radius 1 is 1.35 bits per heavy atom. The number of nitrogens with one attached hydrogen (secondary N) is 1. The van der Waals surface area contributed by atoms with Gasteiger partial charge in [0.2, 0.25) is 10.0 Å². The van der Waals surface area contributed by atoms with Crippen molar-refractivity contribution < 1.29 is 8.42 Å². The van der Waals surface area contributed by atoms with E-state index in [4.69, 9.17) is 17.3 Å². The van der Waals surface area contributed by atoms with Crippen molar-refractivity contribution in [3.63, 3.8) is 0 Å². The van der Waals surface area contributed by atoms with Crippen LogP contribution < -0.4 is 10.5 Å². The molecule has 0 spiro atoms. The summed E-state index contributed by atoms with van der Waals surface area (Å²) in [6.07, 6.45) is 3.27.